The van der Waals surface area contributed by atoms with E-state index < -0.39 is 5.79 Å². The molecule has 0 aromatic heterocycles. The number of rotatable bonds is 1. The number of hydrogen-bond donors (Lipinski definition) is 0. The van der Waals surface area contributed by atoms with Crippen LogP contribution in [0, 0.1) is 11.3 Å². The number of hydrogen-bond acceptors (Lipinski definition) is 2. The lowest BCUT2D eigenvalue weighted by Crippen LogP contribution is -2.60. The highest BCUT2D eigenvalue weighted by Crippen LogP contribution is 2.47. The Morgan fingerprint density at radius 1 is 1.06 bits per heavy atom. The van der Waals surface area contributed by atoms with Gasteiger partial charge >= 0.3 is 0 Å². The van der Waals surface area contributed by atoms with Crippen molar-refractivity contribution in [2.75, 3.05) is 13.2 Å². The van der Waals surface area contributed by atoms with Gasteiger partial charge in [0.25, 0.3) is 0 Å². The second-order valence-corrected chi connectivity index (χ2v) is 8.35. The molecule has 2 nitrogen and oxygen atoms in total. The molecule has 17 heavy (non-hydrogen) atoms. The zero-order valence-corrected chi connectivity index (χ0v) is 14.0. The molecule has 1 heterocycles. The molecule has 4 heteroatoms. The fourth-order valence-electron chi connectivity index (χ4n) is 2.60. The molecule has 0 aromatic rings. The van der Waals surface area contributed by atoms with Gasteiger partial charge in [0, 0.05) is 5.41 Å². The van der Waals surface area contributed by atoms with E-state index in [0.717, 1.165) is 32.0 Å². The van der Waals surface area contributed by atoms with Crippen LogP contribution in [0.2, 0.25) is 0 Å². The molecule has 1 saturated carbocycles. The fourth-order valence-corrected chi connectivity index (χ4v) is 5.18. The quantitative estimate of drug-likeness (QED) is 0.647. The molecule has 0 bridgehead atoms. The van der Waals surface area contributed by atoms with E-state index in [2.05, 4.69) is 52.6 Å². The summed E-state index contributed by atoms with van der Waals surface area (Å²) < 4.78 is 12.2. The van der Waals surface area contributed by atoms with Gasteiger partial charge in [0.15, 0.2) is 5.79 Å². The summed E-state index contributed by atoms with van der Waals surface area (Å²) in [6, 6.07) is 0. The first-order valence-corrected chi connectivity index (χ1v) is 8.29. The van der Waals surface area contributed by atoms with Gasteiger partial charge in [-0.05, 0) is 18.8 Å². The molecule has 2 aliphatic rings. The number of ether oxygens (including phenoxy) is 2. The molecule has 2 atom stereocenters. The van der Waals surface area contributed by atoms with Crippen LogP contribution in [0.25, 0.3) is 0 Å². The van der Waals surface area contributed by atoms with Crippen molar-refractivity contribution in [1.29, 1.82) is 0 Å². The Morgan fingerprint density at radius 3 is 1.94 bits per heavy atom. The molecule has 1 aliphatic heterocycles. The molecular formula is C13H22Br2O2. The van der Waals surface area contributed by atoms with Gasteiger partial charge in [0.1, 0.15) is 0 Å². The van der Waals surface area contributed by atoms with Crippen LogP contribution in [0.15, 0.2) is 0 Å². The van der Waals surface area contributed by atoms with Gasteiger partial charge in [-0.1, -0.05) is 59.1 Å². The Bertz CT molecular complexity index is 257. The molecule has 0 N–H and O–H groups in total. The summed E-state index contributed by atoms with van der Waals surface area (Å²) in [5.74, 6) is 0.304. The van der Waals surface area contributed by atoms with E-state index in [9.17, 15) is 0 Å². The Hall–Kier alpha value is 0.880. The minimum absolute atomic E-state index is 0.131. The number of halogens is 2. The standard InChI is InChI=1S/C13H22Br2O2/c1-4-9-5-10(14)13(11(15)6-9)16-7-12(2,3)8-17-13/h9-11H,4-8H2,1-3H3. The zero-order chi connectivity index (χ0) is 12.7. The van der Waals surface area contributed by atoms with E-state index in [1.54, 1.807) is 0 Å². The second-order valence-electron chi connectivity index (χ2n) is 6.14. The van der Waals surface area contributed by atoms with Crippen LogP contribution in [-0.4, -0.2) is 28.7 Å². The molecule has 0 aromatic carbocycles. The van der Waals surface area contributed by atoms with Crippen LogP contribution in [-0.2, 0) is 9.47 Å². The lowest BCUT2D eigenvalue weighted by Gasteiger charge is -2.51. The lowest BCUT2D eigenvalue weighted by molar-refractivity contribution is -0.303. The zero-order valence-electron chi connectivity index (χ0n) is 10.8. The first-order valence-electron chi connectivity index (χ1n) is 6.45. The molecule has 1 spiro atoms. The SMILES string of the molecule is CCC1CC(Br)C2(OCC(C)(C)CO2)C(Br)C1. The van der Waals surface area contributed by atoms with Crippen LogP contribution in [0.1, 0.15) is 40.0 Å². The fraction of sp³-hybridized carbons (Fsp3) is 1.00. The summed E-state index contributed by atoms with van der Waals surface area (Å²) in [6.45, 7) is 8.17. The predicted molar refractivity (Wildman–Crippen MR) is 76.9 cm³/mol. The summed E-state index contributed by atoms with van der Waals surface area (Å²) in [7, 11) is 0. The van der Waals surface area contributed by atoms with E-state index in [-0.39, 0.29) is 15.1 Å². The van der Waals surface area contributed by atoms with E-state index in [0.29, 0.717) is 0 Å². The summed E-state index contributed by atoms with van der Waals surface area (Å²) in [5, 5.41) is 0. The maximum Gasteiger partial charge on any atom is 0.193 e. The van der Waals surface area contributed by atoms with Crippen molar-refractivity contribution in [3.05, 3.63) is 0 Å². The van der Waals surface area contributed by atoms with Crippen molar-refractivity contribution in [3.8, 4) is 0 Å². The summed E-state index contributed by atoms with van der Waals surface area (Å²) in [6.07, 6.45) is 3.50. The summed E-state index contributed by atoms with van der Waals surface area (Å²) in [5.41, 5.74) is 0.131. The summed E-state index contributed by atoms with van der Waals surface area (Å²) in [4.78, 5) is 0.573. The maximum absolute atomic E-state index is 6.12. The highest BCUT2D eigenvalue weighted by molar-refractivity contribution is 9.10. The maximum atomic E-state index is 6.12. The average Bonchev–Trinajstić information content (AvgIpc) is 2.27. The monoisotopic (exact) mass is 368 g/mol. The normalized spacial score (nSPS) is 40.4. The molecule has 2 rings (SSSR count). The Morgan fingerprint density at radius 2 is 1.53 bits per heavy atom. The molecule has 2 fully saturated rings. The van der Waals surface area contributed by atoms with Crippen LogP contribution >= 0.6 is 31.9 Å². The van der Waals surface area contributed by atoms with Crippen LogP contribution < -0.4 is 0 Å². The lowest BCUT2D eigenvalue weighted by atomic mass is 9.82. The molecular weight excluding hydrogens is 348 g/mol. The minimum atomic E-state index is -0.457. The minimum Gasteiger partial charge on any atom is -0.347 e. The third-order valence-electron chi connectivity index (χ3n) is 3.91. The van der Waals surface area contributed by atoms with Gasteiger partial charge in [-0.25, -0.2) is 0 Å². The van der Waals surface area contributed by atoms with Gasteiger partial charge in [-0.15, -0.1) is 0 Å². The average molecular weight is 370 g/mol. The van der Waals surface area contributed by atoms with Gasteiger partial charge in [0.2, 0.25) is 0 Å². The first kappa shape index (κ1) is 14.3. The molecule has 0 radical (unpaired) electrons. The Kier molecular flexibility index (Phi) is 4.29. The van der Waals surface area contributed by atoms with Crippen LogP contribution in [0.4, 0.5) is 0 Å². The van der Waals surface area contributed by atoms with Crippen molar-refractivity contribution in [2.24, 2.45) is 11.3 Å². The van der Waals surface area contributed by atoms with Crippen LogP contribution in [0.5, 0.6) is 0 Å². The third-order valence-corrected chi connectivity index (χ3v) is 5.93. The van der Waals surface area contributed by atoms with Crippen molar-refractivity contribution in [3.63, 3.8) is 0 Å². The largest absolute Gasteiger partial charge is 0.347 e. The highest BCUT2D eigenvalue weighted by Gasteiger charge is 2.53. The third kappa shape index (κ3) is 2.75. The summed E-state index contributed by atoms with van der Waals surface area (Å²) >= 11 is 7.57. The van der Waals surface area contributed by atoms with Crippen molar-refractivity contribution < 1.29 is 9.47 Å². The van der Waals surface area contributed by atoms with Gasteiger partial charge in [-0.2, -0.15) is 0 Å². The molecule has 1 saturated heterocycles. The van der Waals surface area contributed by atoms with Crippen LogP contribution in [0.3, 0.4) is 0 Å². The van der Waals surface area contributed by atoms with Gasteiger partial charge in [0.05, 0.1) is 22.9 Å². The molecule has 2 unspecified atom stereocenters. The number of alkyl halides is 2. The van der Waals surface area contributed by atoms with Crippen molar-refractivity contribution in [1.82, 2.24) is 0 Å². The Balaban J connectivity index is 2.10. The van der Waals surface area contributed by atoms with E-state index >= 15 is 0 Å². The predicted octanol–water partition coefficient (Wildman–Crippen LogP) is 4.10. The van der Waals surface area contributed by atoms with E-state index in [4.69, 9.17) is 9.47 Å². The van der Waals surface area contributed by atoms with Gasteiger partial charge in [-0.3, -0.25) is 0 Å². The first-order chi connectivity index (χ1) is 7.89. The molecule has 1 aliphatic carbocycles. The van der Waals surface area contributed by atoms with Gasteiger partial charge < -0.3 is 9.47 Å². The van der Waals surface area contributed by atoms with Crippen molar-refractivity contribution in [2.45, 2.75) is 55.5 Å². The smallest absolute Gasteiger partial charge is 0.193 e. The Labute approximate surface area is 121 Å². The second kappa shape index (κ2) is 5.10. The van der Waals surface area contributed by atoms with Crippen molar-refractivity contribution >= 4 is 31.9 Å². The highest BCUT2D eigenvalue weighted by atomic mass is 79.9. The molecule has 100 valence electrons. The topological polar surface area (TPSA) is 18.5 Å². The van der Waals surface area contributed by atoms with E-state index in [1.807, 2.05) is 0 Å². The van der Waals surface area contributed by atoms with E-state index in [1.165, 1.54) is 6.42 Å². The molecule has 0 amide bonds.